The number of pyridine rings is 1. The van der Waals surface area contributed by atoms with E-state index in [0.717, 1.165) is 40.4 Å². The number of anilines is 1. The lowest BCUT2D eigenvalue weighted by molar-refractivity contribution is 0.535. The normalized spacial score (nSPS) is 11.8. The number of benzene rings is 2. The number of nitrogens with zero attached hydrogens (tertiary/aromatic N) is 6. The van der Waals surface area contributed by atoms with Gasteiger partial charge in [0, 0.05) is 26.2 Å². The first-order valence-corrected chi connectivity index (χ1v) is 12.8. The second-order valence-electron chi connectivity index (χ2n) is 9.17. The van der Waals surface area contributed by atoms with E-state index in [1.165, 1.54) is 0 Å². The fourth-order valence-electron chi connectivity index (χ4n) is 4.43. The summed E-state index contributed by atoms with van der Waals surface area (Å²) in [6.07, 6.45) is 1.63. The van der Waals surface area contributed by atoms with Gasteiger partial charge in [-0.1, -0.05) is 73.4 Å². The van der Waals surface area contributed by atoms with Crippen molar-refractivity contribution in [1.29, 1.82) is 0 Å². The van der Waals surface area contributed by atoms with E-state index >= 15 is 0 Å². The Morgan fingerprint density at radius 1 is 0.946 bits per heavy atom. The molecule has 3 heterocycles. The summed E-state index contributed by atoms with van der Waals surface area (Å²) in [5.41, 5.74) is 5.68. The molecule has 0 atom stereocenters. The van der Waals surface area contributed by atoms with Gasteiger partial charge in [0.15, 0.2) is 5.65 Å². The van der Waals surface area contributed by atoms with Gasteiger partial charge in [0.1, 0.15) is 11.3 Å². The Hall–Kier alpha value is -3.68. The third kappa shape index (κ3) is 4.72. The largest absolute Gasteiger partial charge is 0.325 e. The van der Waals surface area contributed by atoms with Crippen LogP contribution in [0.4, 0.5) is 5.95 Å². The van der Waals surface area contributed by atoms with E-state index in [4.69, 9.17) is 38.2 Å². The molecule has 7 nitrogen and oxygen atoms in total. The zero-order chi connectivity index (χ0) is 26.1. The SMILES string of the molecule is CN=CNc1nc2ccc(-c3c(-c4ccccc4)nc(-c4c(Cl)cccc4Cl)n3C)nc2n1CC(C)C. The van der Waals surface area contributed by atoms with Crippen molar-refractivity contribution in [2.24, 2.45) is 18.0 Å². The zero-order valence-electron chi connectivity index (χ0n) is 21.1. The van der Waals surface area contributed by atoms with Crippen molar-refractivity contribution in [2.75, 3.05) is 12.4 Å². The smallest absolute Gasteiger partial charge is 0.210 e. The summed E-state index contributed by atoms with van der Waals surface area (Å²) in [5.74, 6) is 1.77. The maximum Gasteiger partial charge on any atom is 0.210 e. The van der Waals surface area contributed by atoms with E-state index in [2.05, 4.69) is 28.7 Å². The maximum absolute atomic E-state index is 6.60. The quantitative estimate of drug-likeness (QED) is 0.178. The molecule has 0 fully saturated rings. The number of rotatable bonds is 7. The van der Waals surface area contributed by atoms with Gasteiger partial charge in [-0.25, -0.2) is 15.0 Å². The summed E-state index contributed by atoms with van der Waals surface area (Å²) in [4.78, 5) is 19.0. The molecule has 0 amide bonds. The molecule has 0 saturated heterocycles. The van der Waals surface area contributed by atoms with Gasteiger partial charge >= 0.3 is 0 Å². The molecule has 2 aromatic carbocycles. The van der Waals surface area contributed by atoms with Gasteiger partial charge in [-0.3, -0.25) is 9.56 Å². The Labute approximate surface area is 225 Å². The van der Waals surface area contributed by atoms with Crippen molar-refractivity contribution < 1.29 is 0 Å². The molecule has 188 valence electrons. The van der Waals surface area contributed by atoms with E-state index in [1.54, 1.807) is 13.4 Å². The number of fused-ring (bicyclic) bond motifs is 1. The lowest BCUT2D eigenvalue weighted by Gasteiger charge is -2.12. The number of halogens is 2. The Balaban J connectivity index is 1.77. The van der Waals surface area contributed by atoms with E-state index in [1.807, 2.05) is 72.3 Å². The van der Waals surface area contributed by atoms with Crippen LogP contribution in [0.3, 0.4) is 0 Å². The molecule has 0 unspecified atom stereocenters. The third-order valence-corrected chi connectivity index (χ3v) is 6.66. The molecule has 0 aliphatic rings. The van der Waals surface area contributed by atoms with Crippen LogP contribution in [0.25, 0.3) is 45.2 Å². The summed E-state index contributed by atoms with van der Waals surface area (Å²) in [7, 11) is 3.68. The van der Waals surface area contributed by atoms with E-state index in [9.17, 15) is 0 Å². The Bertz CT molecular complexity index is 1580. The van der Waals surface area contributed by atoms with Crippen LogP contribution < -0.4 is 5.32 Å². The molecule has 1 N–H and O–H groups in total. The topological polar surface area (TPSA) is 72.9 Å². The van der Waals surface area contributed by atoms with Gasteiger partial charge in [0.2, 0.25) is 5.95 Å². The first-order chi connectivity index (χ1) is 17.9. The summed E-state index contributed by atoms with van der Waals surface area (Å²) in [6, 6.07) is 19.5. The van der Waals surface area contributed by atoms with Crippen molar-refractivity contribution in [3.63, 3.8) is 0 Å². The molecule has 0 radical (unpaired) electrons. The third-order valence-electron chi connectivity index (χ3n) is 6.03. The maximum atomic E-state index is 6.60. The van der Waals surface area contributed by atoms with Gasteiger partial charge < -0.3 is 9.88 Å². The van der Waals surface area contributed by atoms with Crippen LogP contribution in [-0.4, -0.2) is 37.5 Å². The minimum Gasteiger partial charge on any atom is -0.325 e. The minimum absolute atomic E-state index is 0.396. The average molecular weight is 532 g/mol. The number of hydrogen-bond donors (Lipinski definition) is 1. The van der Waals surface area contributed by atoms with Gasteiger partial charge in [-0.05, 0) is 30.2 Å². The molecule has 5 rings (SSSR count). The number of imidazole rings is 2. The van der Waals surface area contributed by atoms with Crippen molar-refractivity contribution >= 4 is 46.7 Å². The van der Waals surface area contributed by atoms with Crippen LogP contribution in [-0.2, 0) is 13.6 Å². The van der Waals surface area contributed by atoms with Crippen LogP contribution in [0.1, 0.15) is 13.8 Å². The molecular formula is C28H27Cl2N7. The summed E-state index contributed by atoms with van der Waals surface area (Å²) >= 11 is 13.2. The number of hydrogen-bond acceptors (Lipinski definition) is 4. The number of nitrogens with one attached hydrogen (secondary N) is 1. The van der Waals surface area contributed by atoms with Crippen LogP contribution in [0.15, 0.2) is 65.7 Å². The standard InChI is InChI=1S/C28H27Cl2N7/c1-17(2)15-37-26-22(34-28(37)32-16-31-3)14-13-21(33-26)25-24(18-9-6-5-7-10-18)35-27(36(25)4)23-19(29)11-8-12-20(23)30/h5-14,16-17H,15H2,1-4H3,(H,31,32,34). The van der Waals surface area contributed by atoms with Crippen molar-refractivity contribution in [3.8, 4) is 34.0 Å². The highest BCUT2D eigenvalue weighted by Gasteiger charge is 2.24. The Morgan fingerprint density at radius 2 is 1.68 bits per heavy atom. The Morgan fingerprint density at radius 3 is 2.35 bits per heavy atom. The van der Waals surface area contributed by atoms with Gasteiger partial charge in [0.05, 0.1) is 39.0 Å². The molecule has 0 spiro atoms. The summed E-state index contributed by atoms with van der Waals surface area (Å²) in [6.45, 7) is 5.09. The highest BCUT2D eigenvalue weighted by atomic mass is 35.5. The van der Waals surface area contributed by atoms with Crippen LogP contribution in [0.5, 0.6) is 0 Å². The monoisotopic (exact) mass is 531 g/mol. The number of aromatic nitrogens is 5. The van der Waals surface area contributed by atoms with Crippen molar-refractivity contribution in [1.82, 2.24) is 24.1 Å². The second-order valence-corrected chi connectivity index (χ2v) is 9.98. The molecule has 37 heavy (non-hydrogen) atoms. The lowest BCUT2D eigenvalue weighted by atomic mass is 10.1. The first kappa shape index (κ1) is 25.0. The molecule has 3 aromatic heterocycles. The van der Waals surface area contributed by atoms with Crippen molar-refractivity contribution in [2.45, 2.75) is 20.4 Å². The zero-order valence-corrected chi connectivity index (χ0v) is 22.6. The summed E-state index contributed by atoms with van der Waals surface area (Å²) < 4.78 is 4.10. The van der Waals surface area contributed by atoms with Gasteiger partial charge in [0.25, 0.3) is 0 Å². The van der Waals surface area contributed by atoms with E-state index in [-0.39, 0.29) is 0 Å². The fraction of sp³-hybridized carbons (Fsp3) is 0.214. The highest BCUT2D eigenvalue weighted by Crippen LogP contribution is 2.40. The predicted molar refractivity (Wildman–Crippen MR) is 153 cm³/mol. The van der Waals surface area contributed by atoms with Gasteiger partial charge in [-0.15, -0.1) is 0 Å². The predicted octanol–water partition coefficient (Wildman–Crippen LogP) is 7.20. The highest BCUT2D eigenvalue weighted by molar-refractivity contribution is 6.39. The first-order valence-electron chi connectivity index (χ1n) is 12.0. The molecule has 9 heteroatoms. The lowest BCUT2D eigenvalue weighted by Crippen LogP contribution is -2.10. The molecular weight excluding hydrogens is 505 g/mol. The molecule has 0 bridgehead atoms. The van der Waals surface area contributed by atoms with E-state index in [0.29, 0.717) is 33.3 Å². The van der Waals surface area contributed by atoms with Gasteiger partial charge in [-0.2, -0.15) is 0 Å². The molecule has 5 aromatic rings. The molecule has 0 aliphatic heterocycles. The fourth-order valence-corrected chi connectivity index (χ4v) is 4.99. The molecule has 0 aliphatic carbocycles. The van der Waals surface area contributed by atoms with E-state index < -0.39 is 0 Å². The molecule has 0 saturated carbocycles. The minimum atomic E-state index is 0.396. The second kappa shape index (κ2) is 10.4. The van der Waals surface area contributed by atoms with Crippen LogP contribution in [0, 0.1) is 5.92 Å². The van der Waals surface area contributed by atoms with Crippen molar-refractivity contribution in [3.05, 3.63) is 70.7 Å². The average Bonchev–Trinajstić information content (AvgIpc) is 3.40. The Kier molecular flexibility index (Phi) is 7.00. The van der Waals surface area contributed by atoms with Crippen LogP contribution in [0.2, 0.25) is 10.0 Å². The summed E-state index contributed by atoms with van der Waals surface area (Å²) in [5, 5.41) is 4.26. The number of aliphatic imine (C=N–C) groups is 1. The van der Waals surface area contributed by atoms with Crippen LogP contribution >= 0.6 is 23.2 Å².